The molecule has 2 unspecified atom stereocenters. The normalized spacial score (nSPS) is 26.0. The van der Waals surface area contributed by atoms with Crippen LogP contribution in [0.5, 0.6) is 0 Å². The standard InChI is InChI=1S/C18H26ClN5O2/c1-20-16-12(8-21-17-15(16)14(19)9-22-17)13-10-24(23(2)18(13)25-3)11-4-6-26-7-5-11/h8-9,11,13,18H,4-7,10H2,1-3H3,(H2,20,21,22). The molecular weight excluding hydrogens is 354 g/mol. The van der Waals surface area contributed by atoms with Crippen molar-refractivity contribution < 1.29 is 9.47 Å². The fraction of sp³-hybridized carbons (Fsp3) is 0.611. The van der Waals surface area contributed by atoms with Gasteiger partial charge in [-0.3, -0.25) is 0 Å². The van der Waals surface area contributed by atoms with Crippen LogP contribution in [0.25, 0.3) is 11.0 Å². The number of aromatic nitrogens is 2. The molecule has 26 heavy (non-hydrogen) atoms. The van der Waals surface area contributed by atoms with E-state index in [4.69, 9.17) is 21.1 Å². The Labute approximate surface area is 158 Å². The number of rotatable bonds is 4. The Bertz CT molecular complexity index is 776. The molecule has 4 heterocycles. The molecule has 0 amide bonds. The first kappa shape index (κ1) is 18.0. The lowest BCUT2D eigenvalue weighted by Crippen LogP contribution is -2.47. The molecule has 0 aliphatic carbocycles. The van der Waals surface area contributed by atoms with E-state index in [1.54, 1.807) is 13.3 Å². The first-order valence-corrected chi connectivity index (χ1v) is 9.46. The second kappa shape index (κ2) is 7.32. The number of anilines is 1. The molecule has 2 N–H and O–H groups in total. The van der Waals surface area contributed by atoms with E-state index in [-0.39, 0.29) is 12.1 Å². The molecule has 0 saturated carbocycles. The number of halogens is 1. The third kappa shape index (κ3) is 2.88. The molecule has 2 fully saturated rings. The second-order valence-corrected chi connectivity index (χ2v) is 7.38. The van der Waals surface area contributed by atoms with Crippen LogP contribution in [-0.2, 0) is 9.47 Å². The lowest BCUT2D eigenvalue weighted by Gasteiger charge is -2.36. The fourth-order valence-corrected chi connectivity index (χ4v) is 4.65. The summed E-state index contributed by atoms with van der Waals surface area (Å²) in [7, 11) is 5.81. The molecule has 0 radical (unpaired) electrons. The Morgan fingerprint density at radius 1 is 1.38 bits per heavy atom. The molecule has 142 valence electrons. The highest BCUT2D eigenvalue weighted by Crippen LogP contribution is 2.41. The van der Waals surface area contributed by atoms with Crippen molar-refractivity contribution >= 4 is 28.3 Å². The van der Waals surface area contributed by atoms with Crippen LogP contribution < -0.4 is 5.32 Å². The van der Waals surface area contributed by atoms with Crippen LogP contribution in [0.2, 0.25) is 5.02 Å². The summed E-state index contributed by atoms with van der Waals surface area (Å²) in [4.78, 5) is 7.72. The van der Waals surface area contributed by atoms with E-state index in [0.29, 0.717) is 11.1 Å². The van der Waals surface area contributed by atoms with Gasteiger partial charge >= 0.3 is 0 Å². The summed E-state index contributed by atoms with van der Waals surface area (Å²) < 4.78 is 11.4. The van der Waals surface area contributed by atoms with Crippen molar-refractivity contribution in [3.05, 3.63) is 23.0 Å². The third-order valence-corrected chi connectivity index (χ3v) is 5.99. The highest BCUT2D eigenvalue weighted by molar-refractivity contribution is 6.36. The van der Waals surface area contributed by atoms with Gasteiger partial charge in [0.25, 0.3) is 0 Å². The molecule has 4 rings (SSSR count). The summed E-state index contributed by atoms with van der Waals surface area (Å²) in [6.07, 6.45) is 5.79. The number of ether oxygens (including phenoxy) is 2. The van der Waals surface area contributed by atoms with Crippen LogP contribution in [0.4, 0.5) is 5.69 Å². The van der Waals surface area contributed by atoms with Crippen LogP contribution >= 0.6 is 11.6 Å². The van der Waals surface area contributed by atoms with Crippen molar-refractivity contribution in [3.63, 3.8) is 0 Å². The van der Waals surface area contributed by atoms with Gasteiger partial charge in [0.1, 0.15) is 11.9 Å². The largest absolute Gasteiger partial charge is 0.387 e. The number of nitrogens with one attached hydrogen (secondary N) is 2. The number of aromatic amines is 1. The molecule has 2 aliphatic heterocycles. The molecule has 0 aromatic carbocycles. The van der Waals surface area contributed by atoms with Gasteiger partial charge in [-0.1, -0.05) is 11.6 Å². The number of fused-ring (bicyclic) bond motifs is 1. The fourth-order valence-electron chi connectivity index (χ4n) is 4.41. The summed E-state index contributed by atoms with van der Waals surface area (Å²) >= 11 is 6.41. The summed E-state index contributed by atoms with van der Waals surface area (Å²) in [5, 5.41) is 9.63. The molecule has 2 atom stereocenters. The van der Waals surface area contributed by atoms with Gasteiger partial charge in [-0.05, 0) is 12.8 Å². The number of H-pyrrole nitrogens is 1. The van der Waals surface area contributed by atoms with E-state index in [1.165, 1.54) is 0 Å². The number of hydrogen-bond donors (Lipinski definition) is 2. The summed E-state index contributed by atoms with van der Waals surface area (Å²) in [6, 6.07) is 0.488. The number of nitrogens with zero attached hydrogens (tertiary/aromatic N) is 3. The van der Waals surface area contributed by atoms with Gasteiger partial charge in [-0.25, -0.2) is 15.0 Å². The maximum atomic E-state index is 6.41. The molecule has 2 aromatic rings. The van der Waals surface area contributed by atoms with Crippen molar-refractivity contribution in [2.45, 2.75) is 31.0 Å². The maximum Gasteiger partial charge on any atom is 0.140 e. The van der Waals surface area contributed by atoms with Gasteiger partial charge in [-0.15, -0.1) is 0 Å². The minimum absolute atomic E-state index is 0.0399. The second-order valence-electron chi connectivity index (χ2n) is 6.97. The number of pyridine rings is 1. The summed E-state index contributed by atoms with van der Waals surface area (Å²) in [5.41, 5.74) is 2.95. The zero-order chi connectivity index (χ0) is 18.3. The minimum Gasteiger partial charge on any atom is -0.387 e. The highest BCUT2D eigenvalue weighted by Gasteiger charge is 2.43. The number of hydrazine groups is 1. The Balaban J connectivity index is 1.72. The Morgan fingerprint density at radius 2 is 2.15 bits per heavy atom. The van der Waals surface area contributed by atoms with E-state index < -0.39 is 0 Å². The van der Waals surface area contributed by atoms with Crippen LogP contribution in [-0.4, -0.2) is 73.2 Å². The van der Waals surface area contributed by atoms with Crippen LogP contribution in [0, 0.1) is 0 Å². The number of methoxy groups -OCH3 is 1. The van der Waals surface area contributed by atoms with Crippen LogP contribution in [0.15, 0.2) is 12.4 Å². The summed E-state index contributed by atoms with van der Waals surface area (Å²) in [6.45, 7) is 2.54. The van der Waals surface area contributed by atoms with Crippen molar-refractivity contribution in [3.8, 4) is 0 Å². The van der Waals surface area contributed by atoms with Crippen molar-refractivity contribution in [1.82, 2.24) is 20.0 Å². The monoisotopic (exact) mass is 379 g/mol. The third-order valence-electron chi connectivity index (χ3n) is 5.69. The Hall–Kier alpha value is -1.38. The van der Waals surface area contributed by atoms with Gasteiger partial charge in [-0.2, -0.15) is 0 Å². The molecule has 8 heteroatoms. The Morgan fingerprint density at radius 3 is 2.85 bits per heavy atom. The molecule has 2 aromatic heterocycles. The predicted octanol–water partition coefficient (Wildman–Crippen LogP) is 2.66. The quantitative estimate of drug-likeness (QED) is 0.851. The lowest BCUT2D eigenvalue weighted by molar-refractivity contribution is -0.118. The minimum atomic E-state index is -0.0399. The molecule has 0 spiro atoms. The van der Waals surface area contributed by atoms with Gasteiger partial charge < -0.3 is 19.8 Å². The first-order valence-electron chi connectivity index (χ1n) is 9.08. The molecule has 2 aliphatic rings. The molecule has 0 bridgehead atoms. The topological polar surface area (TPSA) is 65.7 Å². The maximum absolute atomic E-state index is 6.41. The first-order chi connectivity index (χ1) is 12.7. The van der Waals surface area contributed by atoms with Crippen LogP contribution in [0.3, 0.4) is 0 Å². The molecule has 2 saturated heterocycles. The van der Waals surface area contributed by atoms with E-state index in [0.717, 1.165) is 54.9 Å². The van der Waals surface area contributed by atoms with E-state index in [1.807, 2.05) is 13.2 Å². The van der Waals surface area contributed by atoms with Crippen molar-refractivity contribution in [2.24, 2.45) is 0 Å². The van der Waals surface area contributed by atoms with Gasteiger partial charge in [0.15, 0.2) is 0 Å². The number of likely N-dealkylation sites (N-methyl/N-ethyl adjacent to an activating group) is 1. The SMILES string of the molecule is CNc1c(C2CN(C3CCOCC3)N(C)C2OC)cnc2[nH]cc(Cl)c12. The predicted molar refractivity (Wildman–Crippen MR) is 102 cm³/mol. The highest BCUT2D eigenvalue weighted by atomic mass is 35.5. The average molecular weight is 380 g/mol. The zero-order valence-electron chi connectivity index (χ0n) is 15.5. The number of hydrogen-bond acceptors (Lipinski definition) is 6. The average Bonchev–Trinajstić information content (AvgIpc) is 3.21. The smallest absolute Gasteiger partial charge is 0.140 e. The summed E-state index contributed by atoms with van der Waals surface area (Å²) in [5.74, 6) is 0.179. The van der Waals surface area contributed by atoms with Crippen molar-refractivity contribution in [1.29, 1.82) is 0 Å². The van der Waals surface area contributed by atoms with Gasteiger partial charge in [0, 0.05) is 70.9 Å². The van der Waals surface area contributed by atoms with Gasteiger partial charge in [0.2, 0.25) is 0 Å². The van der Waals surface area contributed by atoms with Gasteiger partial charge in [0.05, 0.1) is 16.1 Å². The van der Waals surface area contributed by atoms with E-state index >= 15 is 0 Å². The van der Waals surface area contributed by atoms with E-state index in [9.17, 15) is 0 Å². The molecular formula is C18H26ClN5O2. The lowest BCUT2D eigenvalue weighted by atomic mass is 9.96. The van der Waals surface area contributed by atoms with E-state index in [2.05, 4.69) is 32.4 Å². The molecule has 7 nitrogen and oxygen atoms in total. The Kier molecular flexibility index (Phi) is 5.07. The van der Waals surface area contributed by atoms with Crippen molar-refractivity contribution in [2.75, 3.05) is 46.3 Å². The van der Waals surface area contributed by atoms with Crippen LogP contribution in [0.1, 0.15) is 24.3 Å². The zero-order valence-corrected chi connectivity index (χ0v) is 16.2.